The molecule has 30 heavy (non-hydrogen) atoms. The molecule has 1 heterocycles. The lowest BCUT2D eigenvalue weighted by molar-refractivity contribution is 0.102. The van der Waals surface area contributed by atoms with E-state index in [9.17, 15) is 13.2 Å². The molecule has 0 spiro atoms. The average molecular weight is 424 g/mol. The molecule has 1 amide bonds. The minimum atomic E-state index is -3.84. The van der Waals surface area contributed by atoms with Gasteiger partial charge in [-0.15, -0.1) is 6.58 Å². The van der Waals surface area contributed by atoms with Gasteiger partial charge >= 0.3 is 0 Å². The van der Waals surface area contributed by atoms with E-state index in [1.54, 1.807) is 37.5 Å². The summed E-state index contributed by atoms with van der Waals surface area (Å²) in [5.41, 5.74) is 1.75. The molecule has 0 fully saturated rings. The zero-order chi connectivity index (χ0) is 21.6. The normalized spacial score (nSPS) is 10.8. The third-order valence-electron chi connectivity index (χ3n) is 4.12. The number of sulfonamides is 1. The number of rotatable bonds is 8. The van der Waals surface area contributed by atoms with Gasteiger partial charge in [0.25, 0.3) is 15.9 Å². The summed E-state index contributed by atoms with van der Waals surface area (Å²) >= 11 is 0. The van der Waals surface area contributed by atoms with Gasteiger partial charge in [0.15, 0.2) is 0 Å². The molecule has 3 rings (SSSR count). The number of nitrogens with one attached hydrogen (secondary N) is 2. The van der Waals surface area contributed by atoms with Crippen LogP contribution in [-0.2, 0) is 16.4 Å². The number of nitrogens with zero attached hydrogens (tertiary/aromatic N) is 2. The van der Waals surface area contributed by atoms with Crippen molar-refractivity contribution in [2.24, 2.45) is 0 Å². The Bertz CT molecular complexity index is 1150. The van der Waals surface area contributed by atoms with E-state index in [2.05, 4.69) is 26.6 Å². The highest BCUT2D eigenvalue weighted by molar-refractivity contribution is 7.92. The van der Waals surface area contributed by atoms with E-state index in [0.29, 0.717) is 23.4 Å². The summed E-state index contributed by atoms with van der Waals surface area (Å²) in [6.07, 6.45) is 5.16. The largest absolute Gasteiger partial charge is 0.496 e. The molecular weight excluding hydrogens is 404 g/mol. The Morgan fingerprint density at radius 2 is 1.83 bits per heavy atom. The van der Waals surface area contributed by atoms with Gasteiger partial charge in [0.05, 0.1) is 12.0 Å². The van der Waals surface area contributed by atoms with Crippen molar-refractivity contribution < 1.29 is 17.9 Å². The summed E-state index contributed by atoms with van der Waals surface area (Å²) in [5, 5.41) is 2.75. The molecular formula is C21H20N4O4S. The Morgan fingerprint density at radius 1 is 1.13 bits per heavy atom. The molecule has 0 saturated carbocycles. The van der Waals surface area contributed by atoms with E-state index in [4.69, 9.17) is 4.74 Å². The van der Waals surface area contributed by atoms with E-state index in [1.807, 2.05) is 0 Å². The fraction of sp³-hybridized carbons (Fsp3) is 0.0952. The van der Waals surface area contributed by atoms with Gasteiger partial charge in [-0.1, -0.05) is 6.08 Å². The van der Waals surface area contributed by atoms with E-state index in [1.165, 1.54) is 36.7 Å². The molecule has 3 aromatic rings. The number of anilines is 2. The lowest BCUT2D eigenvalue weighted by Gasteiger charge is -2.11. The number of hydrogen-bond acceptors (Lipinski definition) is 6. The quantitative estimate of drug-likeness (QED) is 0.537. The van der Waals surface area contributed by atoms with Crippen LogP contribution in [0.15, 0.2) is 78.5 Å². The van der Waals surface area contributed by atoms with E-state index >= 15 is 0 Å². The van der Waals surface area contributed by atoms with Crippen molar-refractivity contribution in [1.29, 1.82) is 0 Å². The van der Waals surface area contributed by atoms with Crippen molar-refractivity contribution in [1.82, 2.24) is 9.97 Å². The molecule has 0 radical (unpaired) electrons. The second-order valence-corrected chi connectivity index (χ2v) is 7.86. The number of hydrogen-bond donors (Lipinski definition) is 2. The van der Waals surface area contributed by atoms with Crippen LogP contribution in [0.5, 0.6) is 5.75 Å². The molecule has 0 bridgehead atoms. The monoisotopic (exact) mass is 424 g/mol. The second-order valence-electron chi connectivity index (χ2n) is 6.18. The van der Waals surface area contributed by atoms with Crippen LogP contribution in [0.25, 0.3) is 0 Å². The fourth-order valence-corrected chi connectivity index (χ4v) is 3.64. The number of benzene rings is 2. The highest BCUT2D eigenvalue weighted by atomic mass is 32.2. The first-order valence-electron chi connectivity index (χ1n) is 8.92. The summed E-state index contributed by atoms with van der Waals surface area (Å²) in [5.74, 6) is 0.329. The van der Waals surface area contributed by atoms with Gasteiger partial charge in [-0.25, -0.2) is 23.1 Å². The molecule has 9 heteroatoms. The highest BCUT2D eigenvalue weighted by Crippen LogP contribution is 2.22. The molecule has 0 aliphatic carbocycles. The maximum atomic E-state index is 12.6. The molecule has 0 atom stereocenters. The van der Waals surface area contributed by atoms with Crippen LogP contribution in [0.4, 0.5) is 11.6 Å². The number of carbonyl (C=O) groups excluding carboxylic acids is 1. The topological polar surface area (TPSA) is 110 Å². The number of amides is 1. The molecule has 0 unspecified atom stereocenters. The third kappa shape index (κ3) is 5.00. The number of allylic oxidation sites excluding steroid dienone is 1. The van der Waals surface area contributed by atoms with Crippen LogP contribution < -0.4 is 14.8 Å². The van der Waals surface area contributed by atoms with Gasteiger partial charge in [0.2, 0.25) is 5.95 Å². The Kier molecular flexibility index (Phi) is 6.43. The zero-order valence-electron chi connectivity index (χ0n) is 16.2. The first kappa shape index (κ1) is 21.0. The Labute approximate surface area is 174 Å². The van der Waals surface area contributed by atoms with Crippen molar-refractivity contribution in [3.05, 3.63) is 84.7 Å². The lowest BCUT2D eigenvalue weighted by atomic mass is 10.1. The summed E-state index contributed by atoms with van der Waals surface area (Å²) in [6, 6.07) is 12.5. The van der Waals surface area contributed by atoms with Crippen LogP contribution in [0.1, 0.15) is 15.9 Å². The molecule has 1 aromatic heterocycles. The summed E-state index contributed by atoms with van der Waals surface area (Å²) in [7, 11) is -2.28. The lowest BCUT2D eigenvalue weighted by Crippen LogP contribution is -2.15. The minimum Gasteiger partial charge on any atom is -0.496 e. The van der Waals surface area contributed by atoms with Crippen LogP contribution in [0.2, 0.25) is 0 Å². The Morgan fingerprint density at radius 3 is 2.47 bits per heavy atom. The summed E-state index contributed by atoms with van der Waals surface area (Å²) < 4.78 is 32.4. The Hall–Kier alpha value is -3.72. The average Bonchev–Trinajstić information content (AvgIpc) is 2.74. The molecule has 0 aliphatic heterocycles. The first-order valence-corrected chi connectivity index (χ1v) is 10.4. The van der Waals surface area contributed by atoms with Crippen molar-refractivity contribution in [2.75, 3.05) is 17.1 Å². The van der Waals surface area contributed by atoms with Crippen LogP contribution in [-0.4, -0.2) is 31.4 Å². The fourth-order valence-electron chi connectivity index (χ4n) is 2.69. The van der Waals surface area contributed by atoms with Crippen molar-refractivity contribution >= 4 is 27.6 Å². The smallest absolute Gasteiger partial charge is 0.264 e. The second kappa shape index (κ2) is 9.19. The highest BCUT2D eigenvalue weighted by Gasteiger charge is 2.16. The number of aromatic nitrogens is 2. The van der Waals surface area contributed by atoms with Crippen LogP contribution in [0, 0.1) is 0 Å². The predicted octanol–water partition coefficient (Wildman–Crippen LogP) is 3.27. The maximum absolute atomic E-state index is 12.6. The molecule has 0 saturated heterocycles. The van der Waals surface area contributed by atoms with Gasteiger partial charge in [-0.05, 0) is 60.5 Å². The zero-order valence-corrected chi connectivity index (χ0v) is 17.0. The SMILES string of the molecule is C=CCc1cc(C(=O)Nc2ccc(S(=O)(=O)Nc3ncccn3)cc2)ccc1OC. The van der Waals surface area contributed by atoms with Gasteiger partial charge in [0.1, 0.15) is 5.75 Å². The predicted molar refractivity (Wildman–Crippen MR) is 114 cm³/mol. The molecule has 8 nitrogen and oxygen atoms in total. The first-order chi connectivity index (χ1) is 14.4. The van der Waals surface area contributed by atoms with E-state index < -0.39 is 10.0 Å². The molecule has 0 aliphatic rings. The van der Waals surface area contributed by atoms with E-state index in [0.717, 1.165) is 5.56 Å². The number of carbonyl (C=O) groups is 1. The van der Waals surface area contributed by atoms with Gasteiger partial charge in [-0.3, -0.25) is 4.79 Å². The Balaban J connectivity index is 1.73. The summed E-state index contributed by atoms with van der Waals surface area (Å²) in [4.78, 5) is 20.3. The van der Waals surface area contributed by atoms with Crippen molar-refractivity contribution in [2.45, 2.75) is 11.3 Å². The van der Waals surface area contributed by atoms with Crippen molar-refractivity contribution in [3.8, 4) is 5.75 Å². The third-order valence-corrected chi connectivity index (χ3v) is 5.46. The number of methoxy groups -OCH3 is 1. The van der Waals surface area contributed by atoms with Gasteiger partial charge in [0, 0.05) is 23.6 Å². The standard InChI is InChI=1S/C21H20N4O4S/c1-3-5-15-14-16(6-11-19(15)29-2)20(26)24-17-7-9-18(10-8-17)30(27,28)25-21-22-12-4-13-23-21/h3-4,6-14H,1,5H2,2H3,(H,24,26)(H,22,23,25). The maximum Gasteiger partial charge on any atom is 0.264 e. The summed E-state index contributed by atoms with van der Waals surface area (Å²) in [6.45, 7) is 3.71. The molecule has 2 N–H and O–H groups in total. The minimum absolute atomic E-state index is 0.0191. The number of ether oxygens (including phenoxy) is 1. The van der Waals surface area contributed by atoms with Gasteiger partial charge < -0.3 is 10.1 Å². The van der Waals surface area contributed by atoms with Crippen LogP contribution in [0.3, 0.4) is 0 Å². The van der Waals surface area contributed by atoms with E-state index in [-0.39, 0.29) is 16.8 Å². The molecule has 154 valence electrons. The van der Waals surface area contributed by atoms with Crippen LogP contribution >= 0.6 is 0 Å². The van der Waals surface area contributed by atoms with Crippen molar-refractivity contribution in [3.63, 3.8) is 0 Å². The van der Waals surface area contributed by atoms with Gasteiger partial charge in [-0.2, -0.15) is 0 Å². The molecule has 2 aromatic carbocycles.